The Morgan fingerprint density at radius 1 is 1.55 bits per heavy atom. The molecule has 2 nitrogen and oxygen atoms in total. The van der Waals surface area contributed by atoms with Crippen molar-refractivity contribution >= 4 is 5.78 Å². The molecule has 0 aromatic carbocycles. The molecule has 2 heteroatoms. The summed E-state index contributed by atoms with van der Waals surface area (Å²) in [4.78, 5) is 11.1. The average molecular weight is 151 g/mol. The second kappa shape index (κ2) is 5.62. The molecule has 0 spiro atoms. The van der Waals surface area contributed by atoms with Gasteiger partial charge in [-0.2, -0.15) is 0 Å². The first-order valence-electron chi connectivity index (χ1n) is 3.39. The van der Waals surface area contributed by atoms with Crippen LogP contribution in [0.5, 0.6) is 0 Å². The highest BCUT2D eigenvalue weighted by molar-refractivity contribution is 5.99. The number of rotatable bonds is 5. The number of carbonyl (C=O) groups excluding carboxylic acids is 1. The number of likely N-dealkylation sites (N-methyl/N-ethyl adjacent to an activating group) is 1. The molecule has 0 fully saturated rings. The van der Waals surface area contributed by atoms with Gasteiger partial charge < -0.3 is 5.32 Å². The minimum Gasteiger partial charge on any atom is -0.313 e. The maximum Gasteiger partial charge on any atom is 0.176 e. The second-order valence-corrected chi connectivity index (χ2v) is 2.02. The molecule has 0 aliphatic carbocycles. The van der Waals surface area contributed by atoms with E-state index >= 15 is 0 Å². The van der Waals surface area contributed by atoms with Crippen LogP contribution in [0.1, 0.15) is 0 Å². The zero-order valence-electron chi connectivity index (χ0n) is 6.76. The smallest absolute Gasteiger partial charge is 0.176 e. The van der Waals surface area contributed by atoms with Gasteiger partial charge in [0.25, 0.3) is 0 Å². The van der Waals surface area contributed by atoms with E-state index < -0.39 is 0 Å². The third kappa shape index (κ3) is 3.53. The summed E-state index contributed by atoms with van der Waals surface area (Å²) in [6, 6.07) is 0. The molecule has 0 saturated carbocycles. The zero-order valence-corrected chi connectivity index (χ0v) is 6.76. The van der Waals surface area contributed by atoms with E-state index in [9.17, 15) is 4.79 Å². The minimum absolute atomic E-state index is 0.0300. The van der Waals surface area contributed by atoms with Crippen molar-refractivity contribution in [3.63, 3.8) is 0 Å². The number of Topliss-reactive ketones (excluding diaryl/α,β-unsaturated/α-hetero) is 1. The van der Waals surface area contributed by atoms with Crippen LogP contribution in [-0.4, -0.2) is 19.4 Å². The Balaban J connectivity index is 4.25. The zero-order chi connectivity index (χ0) is 8.69. The van der Waals surface area contributed by atoms with E-state index in [1.165, 1.54) is 6.08 Å². The predicted octanol–water partition coefficient (Wildman–Crippen LogP) is 1.07. The first kappa shape index (κ1) is 9.85. The van der Waals surface area contributed by atoms with Gasteiger partial charge in [0.1, 0.15) is 0 Å². The first-order chi connectivity index (χ1) is 5.26. The molecule has 11 heavy (non-hydrogen) atoms. The van der Waals surface area contributed by atoms with Gasteiger partial charge in [-0.05, 0) is 7.05 Å². The molecular weight excluding hydrogens is 138 g/mol. The lowest BCUT2D eigenvalue weighted by molar-refractivity contribution is -0.114. The fourth-order valence-corrected chi connectivity index (χ4v) is 0.664. The van der Waals surface area contributed by atoms with Crippen LogP contribution in [0.25, 0.3) is 0 Å². The lowest BCUT2D eigenvalue weighted by atomic mass is 10.1. The largest absolute Gasteiger partial charge is 0.313 e. The van der Waals surface area contributed by atoms with Crippen molar-refractivity contribution in [2.24, 2.45) is 0 Å². The summed E-state index contributed by atoms with van der Waals surface area (Å²) in [6.45, 7) is 7.35. The summed E-state index contributed by atoms with van der Waals surface area (Å²) in [6.07, 6.45) is 4.75. The molecule has 0 aliphatic rings. The molecule has 0 rings (SSSR count). The molecule has 0 aromatic heterocycles. The Bertz CT molecular complexity index is 192. The van der Waals surface area contributed by atoms with Crippen molar-refractivity contribution < 1.29 is 4.79 Å². The van der Waals surface area contributed by atoms with E-state index in [2.05, 4.69) is 18.5 Å². The van der Waals surface area contributed by atoms with Crippen LogP contribution in [0.15, 0.2) is 37.0 Å². The molecular formula is C9H13NO. The quantitative estimate of drug-likeness (QED) is 0.470. The van der Waals surface area contributed by atoms with Crippen LogP contribution in [0.4, 0.5) is 0 Å². The molecule has 0 heterocycles. The summed E-state index contributed by atoms with van der Waals surface area (Å²) >= 11 is 0. The van der Waals surface area contributed by atoms with Crippen LogP contribution in [0, 0.1) is 0 Å². The monoisotopic (exact) mass is 151 g/mol. The van der Waals surface area contributed by atoms with Gasteiger partial charge in [-0.1, -0.05) is 31.4 Å². The standard InChI is InChI=1S/C9H13NO/c1-4-6-8(5-2)9(11)7-10-3/h4-6,10H,1-2,7H2,3H3/b8-6+. The average Bonchev–Trinajstić information content (AvgIpc) is 2.00. The highest BCUT2D eigenvalue weighted by Gasteiger charge is 2.01. The highest BCUT2D eigenvalue weighted by Crippen LogP contribution is 1.96. The van der Waals surface area contributed by atoms with Gasteiger partial charge >= 0.3 is 0 Å². The molecule has 60 valence electrons. The van der Waals surface area contributed by atoms with E-state index in [-0.39, 0.29) is 5.78 Å². The van der Waals surface area contributed by atoms with Gasteiger partial charge in [0.2, 0.25) is 0 Å². The molecule has 0 bridgehead atoms. The van der Waals surface area contributed by atoms with Crippen LogP contribution >= 0.6 is 0 Å². The Morgan fingerprint density at radius 3 is 2.55 bits per heavy atom. The molecule has 0 aromatic rings. The molecule has 0 amide bonds. The third-order valence-corrected chi connectivity index (χ3v) is 1.18. The van der Waals surface area contributed by atoms with E-state index in [1.807, 2.05) is 0 Å². The summed E-state index contributed by atoms with van der Waals surface area (Å²) in [7, 11) is 1.73. The highest BCUT2D eigenvalue weighted by atomic mass is 16.1. The van der Waals surface area contributed by atoms with Gasteiger partial charge in [0, 0.05) is 5.57 Å². The van der Waals surface area contributed by atoms with E-state index in [0.717, 1.165) is 0 Å². The van der Waals surface area contributed by atoms with Gasteiger partial charge in [-0.15, -0.1) is 0 Å². The van der Waals surface area contributed by atoms with Crippen molar-refractivity contribution in [1.29, 1.82) is 0 Å². The van der Waals surface area contributed by atoms with E-state index in [4.69, 9.17) is 0 Å². The van der Waals surface area contributed by atoms with Crippen LogP contribution < -0.4 is 5.32 Å². The predicted molar refractivity (Wildman–Crippen MR) is 47.4 cm³/mol. The normalized spacial score (nSPS) is 10.8. The molecule has 0 aliphatic heterocycles. The number of carbonyl (C=O) groups is 1. The number of allylic oxidation sites excluding steroid dienone is 3. The Morgan fingerprint density at radius 2 is 2.18 bits per heavy atom. The Labute approximate surface area is 67.3 Å². The molecule has 0 unspecified atom stereocenters. The van der Waals surface area contributed by atoms with Crippen molar-refractivity contribution in [3.8, 4) is 0 Å². The third-order valence-electron chi connectivity index (χ3n) is 1.18. The van der Waals surface area contributed by atoms with Gasteiger partial charge in [0.15, 0.2) is 5.78 Å². The van der Waals surface area contributed by atoms with Crippen LogP contribution in [0.2, 0.25) is 0 Å². The number of ketones is 1. The van der Waals surface area contributed by atoms with Crippen molar-refractivity contribution in [2.75, 3.05) is 13.6 Å². The van der Waals surface area contributed by atoms with Crippen molar-refractivity contribution in [1.82, 2.24) is 5.32 Å². The molecule has 0 saturated heterocycles. The maximum atomic E-state index is 11.1. The van der Waals surface area contributed by atoms with E-state index in [1.54, 1.807) is 19.2 Å². The SMILES string of the molecule is C=C/C=C(\C=C)C(=O)CNC. The minimum atomic E-state index is 0.0300. The number of hydrogen-bond acceptors (Lipinski definition) is 2. The lowest BCUT2D eigenvalue weighted by Crippen LogP contribution is -2.19. The number of hydrogen-bond donors (Lipinski definition) is 1. The molecule has 0 atom stereocenters. The topological polar surface area (TPSA) is 29.1 Å². The first-order valence-corrected chi connectivity index (χ1v) is 3.39. The van der Waals surface area contributed by atoms with Gasteiger partial charge in [-0.3, -0.25) is 4.79 Å². The van der Waals surface area contributed by atoms with Crippen molar-refractivity contribution in [3.05, 3.63) is 37.0 Å². The number of nitrogens with one attached hydrogen (secondary N) is 1. The fourth-order valence-electron chi connectivity index (χ4n) is 0.664. The Kier molecular flexibility index (Phi) is 5.03. The second-order valence-electron chi connectivity index (χ2n) is 2.02. The summed E-state index contributed by atoms with van der Waals surface area (Å²) in [5.74, 6) is 0.0300. The lowest BCUT2D eigenvalue weighted by Gasteiger charge is -1.97. The van der Waals surface area contributed by atoms with E-state index in [0.29, 0.717) is 12.1 Å². The van der Waals surface area contributed by atoms with Gasteiger partial charge in [-0.25, -0.2) is 0 Å². The fraction of sp³-hybridized carbons (Fsp3) is 0.222. The van der Waals surface area contributed by atoms with Crippen LogP contribution in [0.3, 0.4) is 0 Å². The summed E-state index contributed by atoms with van der Waals surface area (Å²) in [5.41, 5.74) is 0.592. The van der Waals surface area contributed by atoms with Gasteiger partial charge in [0.05, 0.1) is 6.54 Å². The van der Waals surface area contributed by atoms with Crippen molar-refractivity contribution in [2.45, 2.75) is 0 Å². The Hall–Kier alpha value is -1.15. The summed E-state index contributed by atoms with van der Waals surface area (Å²) < 4.78 is 0. The maximum absolute atomic E-state index is 11.1. The van der Waals surface area contributed by atoms with Crippen LogP contribution in [-0.2, 0) is 4.79 Å². The molecule has 0 radical (unpaired) electrons. The summed E-state index contributed by atoms with van der Waals surface area (Å²) in [5, 5.41) is 2.77. The molecule has 1 N–H and O–H groups in total.